The molecule has 25 heteroatoms. The van der Waals surface area contributed by atoms with Gasteiger partial charge in [-0.1, -0.05) is 83.4 Å². The van der Waals surface area contributed by atoms with Gasteiger partial charge in [0.25, 0.3) is 0 Å². The Bertz CT molecular complexity index is 2830. The molecular weight excluding hydrogens is 1000 g/mol. The van der Waals surface area contributed by atoms with Crippen molar-refractivity contribution in [3.63, 3.8) is 0 Å². The van der Waals surface area contributed by atoms with Crippen LogP contribution in [0.2, 0.25) is 0 Å². The zero-order chi connectivity index (χ0) is 51.7. The minimum Gasteiger partial charge on any atom is -0.445 e. The highest BCUT2D eigenvalue weighted by Crippen LogP contribution is 2.40. The highest BCUT2D eigenvalue weighted by atomic mass is 32.2. The Balaban J connectivity index is 1.11. The first kappa shape index (κ1) is 53.8. The average molecular weight is 1060 g/mol. The summed E-state index contributed by atoms with van der Waals surface area (Å²) in [5, 5.41) is 60.0. The molecule has 3 saturated heterocycles. The molecule has 4 fully saturated rings. The van der Waals surface area contributed by atoms with E-state index in [2.05, 4.69) is 19.5 Å². The number of fused-ring (bicyclic) bond motifs is 1. The maximum Gasteiger partial charge on any atom is 0.407 e. The predicted molar refractivity (Wildman–Crippen MR) is 252 cm³/mol. The van der Waals surface area contributed by atoms with Crippen LogP contribution >= 0.6 is 0 Å². The third-order valence-electron chi connectivity index (χ3n) is 12.9. The number of carbonyl (C=O) groups is 1. The highest BCUT2D eigenvalue weighted by Gasteiger charge is 2.60. The van der Waals surface area contributed by atoms with Gasteiger partial charge < -0.3 is 59.3 Å². The second kappa shape index (κ2) is 22.1. The fraction of sp³-hybridized carbons (Fsp3) is 0.468. The number of carbonyl (C=O) groups excluding carboxylic acids is 1. The van der Waals surface area contributed by atoms with Crippen LogP contribution in [0.5, 0.6) is 0 Å². The maximum absolute atomic E-state index is 14.2. The number of hydrogen-bond donors (Lipinski definition) is 9. The minimum absolute atomic E-state index is 0.0378. The molecule has 72 heavy (non-hydrogen) atoms. The topological polar surface area (TPSA) is 327 Å². The summed E-state index contributed by atoms with van der Waals surface area (Å²) in [5.41, 5.74) is 2.93. The zero-order valence-electron chi connectivity index (χ0n) is 39.1. The van der Waals surface area contributed by atoms with E-state index >= 15 is 0 Å². The molecule has 4 aromatic carbocycles. The molecule has 1 saturated carbocycles. The number of epoxide rings is 1. The first-order chi connectivity index (χ1) is 34.1. The summed E-state index contributed by atoms with van der Waals surface area (Å²) in [6.45, 7) is 4.02. The Morgan fingerprint density at radius 3 is 1.51 bits per heavy atom. The van der Waals surface area contributed by atoms with Crippen molar-refractivity contribution >= 4 is 36.2 Å². The third-order valence-corrected chi connectivity index (χ3v) is 17.3. The lowest BCUT2D eigenvalue weighted by Gasteiger charge is -2.49. The van der Waals surface area contributed by atoms with Gasteiger partial charge in [-0.3, -0.25) is 0 Å². The van der Waals surface area contributed by atoms with Gasteiger partial charge in [0.05, 0.1) is 39.4 Å². The Labute approximate surface area is 416 Å². The van der Waals surface area contributed by atoms with E-state index in [1.165, 1.54) is 60.7 Å². The summed E-state index contributed by atoms with van der Waals surface area (Å²) in [5.74, 6) is 0. The second-order valence-electron chi connectivity index (χ2n) is 18.2. The molecular formula is C47H58N4O18S3. The number of aliphatic hydroxyl groups is 5. The number of amides is 1. The van der Waals surface area contributed by atoms with Gasteiger partial charge in [0, 0.05) is 6.54 Å². The molecule has 3 heterocycles. The van der Waals surface area contributed by atoms with E-state index in [4.69, 9.17) is 28.4 Å². The summed E-state index contributed by atoms with van der Waals surface area (Å²) < 4.78 is 127. The van der Waals surface area contributed by atoms with Gasteiger partial charge >= 0.3 is 6.09 Å². The van der Waals surface area contributed by atoms with Gasteiger partial charge in [-0.2, -0.15) is 0 Å². The molecule has 15 atom stereocenters. The lowest BCUT2D eigenvalue weighted by atomic mass is 9.84. The van der Waals surface area contributed by atoms with Crippen LogP contribution in [-0.4, -0.2) is 162 Å². The van der Waals surface area contributed by atoms with Crippen molar-refractivity contribution in [1.29, 1.82) is 0 Å². The van der Waals surface area contributed by atoms with Crippen LogP contribution in [-0.2, 0) is 65.1 Å². The molecule has 0 unspecified atom stereocenters. The van der Waals surface area contributed by atoms with Crippen LogP contribution in [0.15, 0.2) is 118 Å². The molecule has 392 valence electrons. The van der Waals surface area contributed by atoms with E-state index in [9.17, 15) is 55.6 Å². The van der Waals surface area contributed by atoms with Crippen LogP contribution in [0.1, 0.15) is 28.7 Å². The van der Waals surface area contributed by atoms with Crippen LogP contribution in [0, 0.1) is 20.8 Å². The summed E-state index contributed by atoms with van der Waals surface area (Å²) >= 11 is 0. The monoisotopic (exact) mass is 1060 g/mol. The number of nitrogens with one attached hydrogen (secondary N) is 4. The standard InChI is InChI=1S/C47H58N4O18S3/c1-25-9-15-29(16-10-25)70(58,59)49-32-21-33(50-71(60,61)30-17-11-26(2)12-18-30)42(69-46-40(56)44-43(67-44)34(65-46)22-48-47(57)64-24-28-7-5-4-6-8-28)39(55)41(32)68-45-38(54)36(37(53)35(23-52)66-45)51-72(62,63)31-19-13-27(3)14-20-31/h4-20,32-46,49-56H,21-24H2,1-3H3,(H,48,57)/t32-,33+,34-,35-,36+,37-,38-,39-,40-,41+,42-,43+,44-,45-,46-/m1/s1. The molecule has 1 aliphatic carbocycles. The lowest BCUT2D eigenvalue weighted by molar-refractivity contribution is -0.317. The quantitative estimate of drug-likeness (QED) is 0.0578. The molecule has 4 aliphatic rings. The van der Waals surface area contributed by atoms with Crippen molar-refractivity contribution in [3.05, 3.63) is 125 Å². The minimum atomic E-state index is -4.56. The zero-order valence-corrected chi connectivity index (χ0v) is 41.5. The van der Waals surface area contributed by atoms with Crippen LogP contribution in [0.3, 0.4) is 0 Å². The number of alkyl carbamates (subject to hydrolysis) is 1. The lowest BCUT2D eigenvalue weighted by Crippen LogP contribution is -2.70. The van der Waals surface area contributed by atoms with Gasteiger partial charge in [0.1, 0.15) is 67.6 Å². The van der Waals surface area contributed by atoms with Crippen molar-refractivity contribution < 1.29 is 84.0 Å². The summed E-state index contributed by atoms with van der Waals surface area (Å²) in [7, 11) is -13.6. The van der Waals surface area contributed by atoms with Crippen LogP contribution in [0.4, 0.5) is 4.79 Å². The fourth-order valence-corrected chi connectivity index (χ4v) is 12.6. The number of benzene rings is 4. The molecule has 9 N–H and O–H groups in total. The molecule has 8 rings (SSSR count). The van der Waals surface area contributed by atoms with Crippen LogP contribution < -0.4 is 19.5 Å². The Hall–Kier alpha value is -4.52. The van der Waals surface area contributed by atoms with E-state index in [0.717, 1.165) is 22.3 Å². The number of aliphatic hydroxyl groups excluding tert-OH is 5. The smallest absolute Gasteiger partial charge is 0.407 e. The van der Waals surface area contributed by atoms with Crippen molar-refractivity contribution in [3.8, 4) is 0 Å². The fourth-order valence-electron chi connectivity index (χ4n) is 8.80. The van der Waals surface area contributed by atoms with E-state index in [1.807, 2.05) is 6.07 Å². The van der Waals surface area contributed by atoms with Gasteiger partial charge in [-0.05, 0) is 69.2 Å². The van der Waals surface area contributed by atoms with Gasteiger partial charge in [-0.25, -0.2) is 44.2 Å². The molecule has 0 bridgehead atoms. The van der Waals surface area contributed by atoms with E-state index in [0.29, 0.717) is 0 Å². The Morgan fingerprint density at radius 1 is 0.569 bits per heavy atom. The third kappa shape index (κ3) is 12.3. The molecule has 1 amide bonds. The first-order valence-corrected chi connectivity index (χ1v) is 27.4. The number of sulfonamides is 3. The van der Waals surface area contributed by atoms with Crippen LogP contribution in [0.25, 0.3) is 0 Å². The van der Waals surface area contributed by atoms with E-state index in [1.54, 1.807) is 57.2 Å². The predicted octanol–water partition coefficient (Wildman–Crippen LogP) is -0.293. The first-order valence-electron chi connectivity index (χ1n) is 23.0. The number of rotatable bonds is 18. The number of hydrogen-bond acceptors (Lipinski definition) is 18. The van der Waals surface area contributed by atoms with Gasteiger partial charge in [0.15, 0.2) is 12.6 Å². The summed E-state index contributed by atoms with van der Waals surface area (Å²) in [6.07, 6.45) is -20.8. The molecule has 3 aliphatic heterocycles. The largest absolute Gasteiger partial charge is 0.445 e. The highest BCUT2D eigenvalue weighted by molar-refractivity contribution is 7.90. The van der Waals surface area contributed by atoms with Crippen molar-refractivity contribution in [1.82, 2.24) is 19.5 Å². The van der Waals surface area contributed by atoms with E-state index in [-0.39, 0.29) is 27.8 Å². The van der Waals surface area contributed by atoms with Gasteiger partial charge in [0.2, 0.25) is 30.1 Å². The molecule has 0 aromatic heterocycles. The summed E-state index contributed by atoms with van der Waals surface area (Å²) in [4.78, 5) is 12.0. The number of ether oxygens (including phenoxy) is 6. The average Bonchev–Trinajstić information content (AvgIpc) is 4.16. The molecule has 4 aromatic rings. The Morgan fingerprint density at radius 2 is 1.03 bits per heavy atom. The SMILES string of the molecule is Cc1ccc(S(=O)(=O)N[C@@H]2[C@@H](O)[C@@H](O[C@@H]3[C@@H](O)[C@H](O[C@H]4O[C@H](CNC(=O)OCc5ccccc5)[C@@H]5O[C@@H]5[C@H]4O)[C@@H](NS(=O)(=O)c4ccc(C)cc4)C[C@H]3NS(=O)(=O)c3ccc(C)cc3)O[C@H](CO)[C@H]2O)cc1. The second-order valence-corrected chi connectivity index (χ2v) is 23.4. The molecule has 0 radical (unpaired) electrons. The molecule has 22 nitrogen and oxygen atoms in total. The summed E-state index contributed by atoms with van der Waals surface area (Å²) in [6, 6.07) is 20.9. The van der Waals surface area contributed by atoms with E-state index < -0.39 is 141 Å². The maximum atomic E-state index is 14.2. The molecule has 0 spiro atoms. The van der Waals surface area contributed by atoms with Crippen molar-refractivity contribution in [2.75, 3.05) is 13.2 Å². The van der Waals surface area contributed by atoms with Crippen molar-refractivity contribution in [2.45, 2.75) is 140 Å². The Kier molecular flexibility index (Phi) is 16.5. The number of aryl methyl sites for hydroxylation is 3. The van der Waals surface area contributed by atoms with Gasteiger partial charge in [-0.15, -0.1) is 0 Å². The van der Waals surface area contributed by atoms with Crippen molar-refractivity contribution in [2.24, 2.45) is 0 Å². The normalized spacial score (nSPS) is 31.8.